The fraction of sp³-hybridized carbons (Fsp3) is 0.545. The highest BCUT2D eigenvalue weighted by Gasteiger charge is 1.99. The summed E-state index contributed by atoms with van der Waals surface area (Å²) in [5.74, 6) is 0.982. The summed E-state index contributed by atoms with van der Waals surface area (Å²) >= 11 is 3.51. The van der Waals surface area contributed by atoms with Crippen LogP contribution >= 0.6 is 15.9 Å². The van der Waals surface area contributed by atoms with E-state index in [0.29, 0.717) is 0 Å². The second-order valence-electron chi connectivity index (χ2n) is 7.13. The molecule has 0 aliphatic heterocycles. The van der Waals surface area contributed by atoms with Crippen LogP contribution in [0.1, 0.15) is 51.4 Å². The van der Waals surface area contributed by atoms with Gasteiger partial charge in [-0.3, -0.25) is 0 Å². The number of unbranched alkanes of at least 4 members (excludes halogenated alkanes) is 7. The molecule has 2 aromatic carbocycles. The minimum Gasteiger partial charge on any atom is -0.494 e. The van der Waals surface area contributed by atoms with Gasteiger partial charge in [0.25, 0.3) is 0 Å². The van der Waals surface area contributed by atoms with Gasteiger partial charge in [0.05, 0.1) is 6.61 Å². The van der Waals surface area contributed by atoms with E-state index in [2.05, 4.69) is 71.3 Å². The van der Waals surface area contributed by atoms with E-state index >= 15 is 0 Å². The fourth-order valence-electron chi connectivity index (χ4n) is 3.07. The second-order valence-corrected chi connectivity index (χ2v) is 8.05. The third-order valence-corrected chi connectivity index (χ3v) is 5.04. The Kier molecular flexibility index (Phi) is 9.35. The number of hydrogen-bond donors (Lipinski definition) is 0. The largest absolute Gasteiger partial charge is 0.494 e. The molecule has 0 aliphatic rings. The van der Waals surface area contributed by atoms with Crippen LogP contribution < -0.4 is 4.74 Å². The van der Waals surface area contributed by atoms with E-state index in [9.17, 15) is 0 Å². The normalized spacial score (nSPS) is 11.4. The van der Waals surface area contributed by atoms with Gasteiger partial charge >= 0.3 is 0 Å². The molecule has 2 aromatic rings. The lowest BCUT2D eigenvalue weighted by Crippen LogP contribution is -2.12. The van der Waals surface area contributed by atoms with Gasteiger partial charge in [0.2, 0.25) is 0 Å². The molecule has 2 nitrogen and oxygen atoms in total. The molecule has 0 amide bonds. The van der Waals surface area contributed by atoms with Crippen LogP contribution in [0.5, 0.6) is 5.75 Å². The van der Waals surface area contributed by atoms with Crippen molar-refractivity contribution >= 4 is 26.7 Å². The predicted molar refractivity (Wildman–Crippen MR) is 113 cm³/mol. The first-order valence-electron chi connectivity index (χ1n) is 9.62. The Morgan fingerprint density at radius 3 is 2.08 bits per heavy atom. The maximum absolute atomic E-state index is 5.91. The van der Waals surface area contributed by atoms with E-state index in [0.717, 1.165) is 23.2 Å². The molecule has 0 bridgehead atoms. The summed E-state index contributed by atoms with van der Waals surface area (Å²) in [5, 5.41) is 2.47. The van der Waals surface area contributed by atoms with Gasteiger partial charge in [0.1, 0.15) is 5.75 Å². The number of ether oxygens (including phenoxy) is 1. The van der Waals surface area contributed by atoms with Gasteiger partial charge in [-0.05, 0) is 68.5 Å². The molecule has 0 aromatic heterocycles. The van der Waals surface area contributed by atoms with E-state index in [1.54, 1.807) is 0 Å². The highest BCUT2D eigenvalue weighted by molar-refractivity contribution is 9.10. The van der Waals surface area contributed by atoms with Crippen LogP contribution in [0.25, 0.3) is 10.8 Å². The lowest BCUT2D eigenvalue weighted by atomic mass is 10.1. The third kappa shape index (κ3) is 8.24. The number of rotatable bonds is 12. The van der Waals surface area contributed by atoms with E-state index in [4.69, 9.17) is 4.74 Å². The quantitative estimate of drug-likeness (QED) is 0.365. The molecule has 0 fully saturated rings. The molecule has 0 unspecified atom stereocenters. The first-order valence-corrected chi connectivity index (χ1v) is 10.4. The summed E-state index contributed by atoms with van der Waals surface area (Å²) in [7, 11) is 4.30. The van der Waals surface area contributed by atoms with E-state index in [1.165, 1.54) is 62.3 Å². The summed E-state index contributed by atoms with van der Waals surface area (Å²) in [6.45, 7) is 2.05. The molecule has 0 atom stereocenters. The Hall–Kier alpha value is -1.06. The zero-order valence-corrected chi connectivity index (χ0v) is 17.4. The summed E-state index contributed by atoms with van der Waals surface area (Å²) in [4.78, 5) is 2.27. The molecule has 0 spiro atoms. The predicted octanol–water partition coefficient (Wildman–Crippen LogP) is 6.66. The highest BCUT2D eigenvalue weighted by Crippen LogP contribution is 2.24. The van der Waals surface area contributed by atoms with Crippen molar-refractivity contribution in [1.82, 2.24) is 4.90 Å². The van der Waals surface area contributed by atoms with Gasteiger partial charge in [-0.25, -0.2) is 0 Å². The molecule has 138 valence electrons. The molecule has 3 heteroatoms. The Morgan fingerprint density at radius 1 is 0.760 bits per heavy atom. The molecule has 2 rings (SSSR count). The van der Waals surface area contributed by atoms with Crippen LogP contribution in [0.2, 0.25) is 0 Å². The molecular formula is C22H32BrNO. The molecular weight excluding hydrogens is 374 g/mol. The molecule has 0 aliphatic carbocycles. The standard InChI is InChI=1S/C22H32BrNO/c1-24(2)15-9-7-5-3-4-6-8-10-16-25-22-14-12-19-17-21(23)13-11-20(19)18-22/h11-14,17-18H,3-10,15-16H2,1-2H3. The molecule has 0 heterocycles. The molecule has 0 saturated carbocycles. The zero-order chi connectivity index (χ0) is 17.9. The Morgan fingerprint density at radius 2 is 1.36 bits per heavy atom. The number of fused-ring (bicyclic) bond motifs is 1. The van der Waals surface area contributed by atoms with Gasteiger partial charge in [-0.15, -0.1) is 0 Å². The molecule has 25 heavy (non-hydrogen) atoms. The maximum Gasteiger partial charge on any atom is 0.119 e. The summed E-state index contributed by atoms with van der Waals surface area (Å²) in [6.07, 6.45) is 10.6. The summed E-state index contributed by atoms with van der Waals surface area (Å²) in [6, 6.07) is 12.7. The molecule has 0 N–H and O–H groups in total. The Labute approximate surface area is 161 Å². The van der Waals surface area contributed by atoms with E-state index < -0.39 is 0 Å². The van der Waals surface area contributed by atoms with Crippen LogP contribution in [0, 0.1) is 0 Å². The van der Waals surface area contributed by atoms with Crippen LogP contribution in [-0.2, 0) is 0 Å². The van der Waals surface area contributed by atoms with Crippen molar-refractivity contribution in [2.24, 2.45) is 0 Å². The highest BCUT2D eigenvalue weighted by atomic mass is 79.9. The van der Waals surface area contributed by atoms with Crippen LogP contribution in [0.15, 0.2) is 40.9 Å². The van der Waals surface area contributed by atoms with Gasteiger partial charge in [-0.1, -0.05) is 66.6 Å². The summed E-state index contributed by atoms with van der Waals surface area (Å²) in [5.41, 5.74) is 0. The van der Waals surface area contributed by atoms with Crippen molar-refractivity contribution in [2.45, 2.75) is 51.4 Å². The van der Waals surface area contributed by atoms with Crippen molar-refractivity contribution in [3.63, 3.8) is 0 Å². The van der Waals surface area contributed by atoms with Crippen molar-refractivity contribution in [1.29, 1.82) is 0 Å². The fourth-order valence-corrected chi connectivity index (χ4v) is 3.44. The van der Waals surface area contributed by atoms with Crippen LogP contribution in [-0.4, -0.2) is 32.1 Å². The number of benzene rings is 2. The van der Waals surface area contributed by atoms with Gasteiger partial charge in [0.15, 0.2) is 0 Å². The first-order chi connectivity index (χ1) is 12.1. The van der Waals surface area contributed by atoms with E-state index in [1.807, 2.05) is 0 Å². The smallest absolute Gasteiger partial charge is 0.119 e. The topological polar surface area (TPSA) is 12.5 Å². The van der Waals surface area contributed by atoms with Crippen molar-refractivity contribution in [3.05, 3.63) is 40.9 Å². The first kappa shape index (κ1) is 20.3. The Balaban J connectivity index is 1.51. The third-order valence-electron chi connectivity index (χ3n) is 4.54. The van der Waals surface area contributed by atoms with Crippen LogP contribution in [0.3, 0.4) is 0 Å². The lowest BCUT2D eigenvalue weighted by molar-refractivity contribution is 0.304. The van der Waals surface area contributed by atoms with Gasteiger partial charge < -0.3 is 9.64 Å². The van der Waals surface area contributed by atoms with Crippen molar-refractivity contribution < 1.29 is 4.74 Å². The summed E-state index contributed by atoms with van der Waals surface area (Å²) < 4.78 is 7.03. The number of hydrogen-bond acceptors (Lipinski definition) is 2. The molecule has 0 radical (unpaired) electrons. The lowest BCUT2D eigenvalue weighted by Gasteiger charge is -2.09. The van der Waals surface area contributed by atoms with Crippen LogP contribution in [0.4, 0.5) is 0 Å². The molecule has 0 saturated heterocycles. The monoisotopic (exact) mass is 405 g/mol. The number of nitrogens with zero attached hydrogens (tertiary/aromatic N) is 1. The average Bonchev–Trinajstić information content (AvgIpc) is 2.59. The second kappa shape index (κ2) is 11.5. The number of halogens is 1. The Bertz CT molecular complexity index is 626. The van der Waals surface area contributed by atoms with E-state index in [-0.39, 0.29) is 0 Å². The average molecular weight is 406 g/mol. The maximum atomic E-state index is 5.91. The van der Waals surface area contributed by atoms with Crippen molar-refractivity contribution in [3.8, 4) is 5.75 Å². The minimum absolute atomic E-state index is 0.824. The zero-order valence-electron chi connectivity index (χ0n) is 15.8. The van der Waals surface area contributed by atoms with Gasteiger partial charge in [-0.2, -0.15) is 0 Å². The van der Waals surface area contributed by atoms with Crippen molar-refractivity contribution in [2.75, 3.05) is 27.2 Å². The van der Waals surface area contributed by atoms with Gasteiger partial charge in [0, 0.05) is 4.47 Å². The SMILES string of the molecule is CN(C)CCCCCCCCCCOc1ccc2cc(Br)ccc2c1. The minimum atomic E-state index is 0.824.